The highest BCUT2D eigenvalue weighted by Gasteiger charge is 2.38. The summed E-state index contributed by atoms with van der Waals surface area (Å²) in [4.78, 5) is 51.9. The number of ether oxygens (including phenoxy) is 1. The van der Waals surface area contributed by atoms with Crippen molar-refractivity contribution in [2.45, 2.75) is 19.9 Å². The molecule has 13 nitrogen and oxygen atoms in total. The summed E-state index contributed by atoms with van der Waals surface area (Å²) in [7, 11) is 7.32. The molecule has 2 saturated heterocycles. The van der Waals surface area contributed by atoms with Crippen LogP contribution in [0.1, 0.15) is 38.8 Å². The molecule has 1 atom stereocenters. The smallest absolute Gasteiger partial charge is 0.291 e. The van der Waals surface area contributed by atoms with Gasteiger partial charge >= 0.3 is 0 Å². The maximum absolute atomic E-state index is 15.7. The molecule has 3 aromatic heterocycles. The van der Waals surface area contributed by atoms with Crippen LogP contribution in [0, 0.1) is 24.5 Å². The van der Waals surface area contributed by atoms with Crippen LogP contribution in [0.3, 0.4) is 0 Å². The van der Waals surface area contributed by atoms with Gasteiger partial charge in [-0.2, -0.15) is 5.10 Å². The van der Waals surface area contributed by atoms with Crippen molar-refractivity contribution in [2.75, 3.05) is 65.8 Å². The molecule has 0 radical (unpaired) electrons. The number of halogens is 3. The Balaban J connectivity index is 0.997. The first-order valence-electron chi connectivity index (χ1n) is 18.3. The fourth-order valence-corrected chi connectivity index (χ4v) is 7.77. The molecule has 1 N–H and O–H groups in total. The Kier molecular flexibility index (Phi) is 10.7. The van der Waals surface area contributed by atoms with Gasteiger partial charge in [-0.25, -0.2) is 18.7 Å². The molecule has 16 heteroatoms. The molecule has 2 aromatic carbocycles. The van der Waals surface area contributed by atoms with E-state index in [0.29, 0.717) is 61.2 Å². The number of methoxy groups -OCH3 is 1. The zero-order chi connectivity index (χ0) is 39.9. The fourth-order valence-electron chi connectivity index (χ4n) is 7.51. The number of nitrogens with zero attached hydrogens (tertiary/aromatic N) is 8. The number of aromatic nitrogens is 5. The zero-order valence-corrected chi connectivity index (χ0v) is 32.6. The summed E-state index contributed by atoms with van der Waals surface area (Å²) in [5, 5.41) is 7.34. The number of aryl methyl sites for hydroxylation is 1. The monoisotopic (exact) mass is 786 g/mol. The summed E-state index contributed by atoms with van der Waals surface area (Å²) in [6.45, 7) is 5.52. The first-order chi connectivity index (χ1) is 26.7. The molecule has 0 saturated carbocycles. The van der Waals surface area contributed by atoms with Crippen LogP contribution < -0.4 is 10.1 Å². The average molecular weight is 787 g/mol. The number of carbonyl (C=O) groups excluding carboxylic acids is 3. The molecule has 7 rings (SSSR count). The minimum atomic E-state index is -1.10. The van der Waals surface area contributed by atoms with E-state index in [0.717, 1.165) is 24.0 Å². The normalized spacial score (nSPS) is 16.6. The third kappa shape index (κ3) is 7.73. The minimum Gasteiger partial charge on any atom is -0.481 e. The molecule has 5 aromatic rings. The van der Waals surface area contributed by atoms with Crippen molar-refractivity contribution in [1.29, 1.82) is 0 Å². The van der Waals surface area contributed by atoms with E-state index >= 15 is 8.78 Å². The van der Waals surface area contributed by atoms with Crippen LogP contribution in [-0.2, 0) is 18.4 Å². The number of amides is 3. The van der Waals surface area contributed by atoms with Gasteiger partial charge in [-0.1, -0.05) is 23.7 Å². The van der Waals surface area contributed by atoms with Gasteiger partial charge in [0.25, 0.3) is 11.8 Å². The van der Waals surface area contributed by atoms with Gasteiger partial charge in [-0.3, -0.25) is 19.1 Å². The average Bonchev–Trinajstić information content (AvgIpc) is 3.87. The second-order valence-electron chi connectivity index (χ2n) is 14.9. The number of likely N-dealkylation sites (tertiary alicyclic amines) is 1. The van der Waals surface area contributed by atoms with Crippen LogP contribution in [0.5, 0.6) is 5.88 Å². The highest BCUT2D eigenvalue weighted by Crippen LogP contribution is 2.33. The van der Waals surface area contributed by atoms with E-state index in [4.69, 9.17) is 16.3 Å². The second kappa shape index (κ2) is 15.5. The molecular weight excluding hydrogens is 744 g/mol. The van der Waals surface area contributed by atoms with E-state index < -0.39 is 17.5 Å². The number of quaternary nitrogens is 1. The van der Waals surface area contributed by atoms with Gasteiger partial charge in [0.1, 0.15) is 0 Å². The van der Waals surface area contributed by atoms with E-state index in [1.807, 2.05) is 17.0 Å². The number of pyridine rings is 1. The summed E-state index contributed by atoms with van der Waals surface area (Å²) >= 11 is 6.55. The summed E-state index contributed by atoms with van der Waals surface area (Å²) in [6, 6.07) is 12.8. The van der Waals surface area contributed by atoms with Gasteiger partial charge in [0, 0.05) is 74.3 Å². The van der Waals surface area contributed by atoms with Gasteiger partial charge in [-0.05, 0) is 37.3 Å². The van der Waals surface area contributed by atoms with Crippen molar-refractivity contribution in [2.24, 2.45) is 13.0 Å². The zero-order valence-electron chi connectivity index (χ0n) is 31.9. The Morgan fingerprint density at radius 3 is 2.39 bits per heavy atom. The van der Waals surface area contributed by atoms with E-state index in [1.54, 1.807) is 40.9 Å². The predicted octanol–water partition coefficient (Wildman–Crippen LogP) is 5.28. The minimum absolute atomic E-state index is 0.0141. The van der Waals surface area contributed by atoms with Crippen molar-refractivity contribution >= 4 is 35.0 Å². The molecule has 5 heterocycles. The number of benzene rings is 2. The van der Waals surface area contributed by atoms with Crippen LogP contribution in [0.25, 0.3) is 22.4 Å². The highest BCUT2D eigenvalue weighted by molar-refractivity contribution is 6.34. The second-order valence-corrected chi connectivity index (χ2v) is 15.3. The third-order valence-electron chi connectivity index (χ3n) is 10.6. The lowest BCUT2D eigenvalue weighted by Crippen LogP contribution is -2.52. The number of imidazole rings is 1. The lowest BCUT2D eigenvalue weighted by Gasteiger charge is -2.36. The highest BCUT2D eigenvalue weighted by atomic mass is 35.5. The Morgan fingerprint density at radius 1 is 0.982 bits per heavy atom. The van der Waals surface area contributed by atoms with Crippen molar-refractivity contribution in [3.63, 3.8) is 0 Å². The fraction of sp³-hybridized carbons (Fsp3) is 0.350. The van der Waals surface area contributed by atoms with Crippen LogP contribution in [0.4, 0.5) is 14.5 Å². The van der Waals surface area contributed by atoms with E-state index in [1.165, 1.54) is 43.1 Å². The molecule has 56 heavy (non-hydrogen) atoms. The molecule has 0 bridgehead atoms. The number of piperazine rings is 1. The van der Waals surface area contributed by atoms with E-state index in [2.05, 4.69) is 34.5 Å². The van der Waals surface area contributed by atoms with Crippen molar-refractivity contribution in [1.82, 2.24) is 34.1 Å². The third-order valence-corrected chi connectivity index (χ3v) is 10.9. The predicted molar refractivity (Wildman–Crippen MR) is 206 cm³/mol. The van der Waals surface area contributed by atoms with Gasteiger partial charge < -0.3 is 28.9 Å². The molecule has 0 spiro atoms. The maximum Gasteiger partial charge on any atom is 0.291 e. The van der Waals surface area contributed by atoms with Gasteiger partial charge in [-0.15, -0.1) is 0 Å². The van der Waals surface area contributed by atoms with Crippen molar-refractivity contribution in [3.8, 4) is 28.3 Å². The quantitative estimate of drug-likeness (QED) is 0.202. The van der Waals surface area contributed by atoms with Crippen molar-refractivity contribution < 1.29 is 32.4 Å². The number of hydrogen-bond acceptors (Lipinski definition) is 7. The summed E-state index contributed by atoms with van der Waals surface area (Å²) < 4.78 is 40.4. The molecule has 0 aliphatic carbocycles. The Hall–Kier alpha value is -5.67. The molecular formula is C40H43ClF2N9O4+. The van der Waals surface area contributed by atoms with Crippen LogP contribution in [-0.4, -0.2) is 117 Å². The molecule has 292 valence electrons. The van der Waals surface area contributed by atoms with Gasteiger partial charge in [0.2, 0.25) is 11.8 Å². The summed E-state index contributed by atoms with van der Waals surface area (Å²) in [5.74, 6) is -2.48. The number of rotatable bonds is 9. The number of carbonyl (C=O) groups is 3. The first-order valence-corrected chi connectivity index (χ1v) is 18.7. The van der Waals surface area contributed by atoms with Crippen LogP contribution in [0.2, 0.25) is 5.02 Å². The lowest BCUT2D eigenvalue weighted by molar-refractivity contribution is -0.878. The molecule has 3 amide bonds. The summed E-state index contributed by atoms with van der Waals surface area (Å²) in [6.07, 6.45) is 3.81. The molecule has 2 aliphatic heterocycles. The van der Waals surface area contributed by atoms with E-state index in [9.17, 15) is 14.4 Å². The molecule has 2 fully saturated rings. The number of anilines is 1. The first kappa shape index (κ1) is 38.6. The van der Waals surface area contributed by atoms with Crippen LogP contribution >= 0.6 is 11.6 Å². The SMILES string of the molecule is COc1cccc(Cn2cc(-c3ccc(-c4cnc(C(=O)Nc5ccc(C(=O)N6CCN(C(=O)C7CC[N+](C)(C)C7)CC6)c(Cl)c5)n4C)c(F)c3F)c(C)n2)n1. The largest absolute Gasteiger partial charge is 0.481 e. The Bertz CT molecular complexity index is 2330. The number of hydrogen-bond donors (Lipinski definition) is 1. The van der Waals surface area contributed by atoms with Crippen molar-refractivity contribution in [3.05, 3.63) is 100 Å². The topological polar surface area (TPSA) is 127 Å². The van der Waals surface area contributed by atoms with E-state index in [-0.39, 0.29) is 51.0 Å². The Labute approximate surface area is 328 Å². The van der Waals surface area contributed by atoms with Gasteiger partial charge in [0.15, 0.2) is 17.5 Å². The lowest BCUT2D eigenvalue weighted by atomic mass is 10.0. The maximum atomic E-state index is 15.7. The molecule has 2 aliphatic rings. The van der Waals surface area contributed by atoms with Crippen LogP contribution in [0.15, 0.2) is 60.9 Å². The Morgan fingerprint density at radius 2 is 1.70 bits per heavy atom. The standard InChI is InChI=1S/C40H42ClF2N9O4/c1-24-31(22-51(47-24)21-27-7-6-8-34(45-27)56-5)28-11-12-30(36(43)35(28)42)33-20-44-37(48(33)2)38(53)46-26-9-10-29(32(41)19-26)40(55)50-16-14-49(15-17-50)39(54)25-13-18-52(3,4)23-25/h6-12,19-20,22,25H,13-18,21,23H2,1-5H3/p+1. The number of nitrogens with one attached hydrogen (secondary N) is 1. The molecule has 1 unspecified atom stereocenters. The summed E-state index contributed by atoms with van der Waals surface area (Å²) in [5.41, 5.74) is 2.34. The van der Waals surface area contributed by atoms with Gasteiger partial charge in [0.05, 0.1) is 80.6 Å².